The first-order valence-electron chi connectivity index (χ1n) is 8.94. The minimum absolute atomic E-state index is 0. The molecule has 1 unspecified atom stereocenters. The van der Waals surface area contributed by atoms with Crippen molar-refractivity contribution in [1.29, 1.82) is 0 Å². The van der Waals surface area contributed by atoms with Gasteiger partial charge in [-0.15, -0.1) is 12.4 Å². The van der Waals surface area contributed by atoms with Crippen LogP contribution in [0.25, 0.3) is 0 Å². The SMILES string of the molecule is Cl.Nc1ncc(NCCNc2ccc(C(=O)NC(CCC(=O)O)C(=O)O)cc2)c(=O)[nH]1. The van der Waals surface area contributed by atoms with Crippen LogP contribution in [0.1, 0.15) is 23.2 Å². The van der Waals surface area contributed by atoms with Crippen molar-refractivity contribution in [2.45, 2.75) is 18.9 Å². The number of carbonyl (C=O) groups excluding carboxylic acids is 1. The number of nitrogens with zero attached hydrogens (tertiary/aromatic N) is 1. The van der Waals surface area contributed by atoms with Gasteiger partial charge >= 0.3 is 11.9 Å². The molecular weight excluding hydrogens is 432 g/mol. The smallest absolute Gasteiger partial charge is 0.326 e. The zero-order valence-corrected chi connectivity index (χ0v) is 17.1. The van der Waals surface area contributed by atoms with Gasteiger partial charge in [0.05, 0.1) is 6.20 Å². The Morgan fingerprint density at radius 1 is 1.10 bits per heavy atom. The number of nitrogens with one attached hydrogen (secondary N) is 4. The largest absolute Gasteiger partial charge is 0.481 e. The first kappa shape index (κ1) is 25.2. The minimum atomic E-state index is -1.30. The number of hydrogen-bond donors (Lipinski definition) is 7. The summed E-state index contributed by atoms with van der Waals surface area (Å²) in [6.45, 7) is 0.881. The van der Waals surface area contributed by atoms with E-state index in [1.165, 1.54) is 18.3 Å². The van der Waals surface area contributed by atoms with Gasteiger partial charge in [-0.2, -0.15) is 0 Å². The number of aromatic amines is 1. The number of nitrogen functional groups attached to an aromatic ring is 1. The lowest BCUT2D eigenvalue weighted by molar-refractivity contribution is -0.140. The highest BCUT2D eigenvalue weighted by molar-refractivity contribution is 5.96. The summed E-state index contributed by atoms with van der Waals surface area (Å²) < 4.78 is 0. The van der Waals surface area contributed by atoms with Crippen LogP contribution >= 0.6 is 12.4 Å². The summed E-state index contributed by atoms with van der Waals surface area (Å²) in [5.41, 5.74) is 6.23. The van der Waals surface area contributed by atoms with E-state index < -0.39 is 23.9 Å². The summed E-state index contributed by atoms with van der Waals surface area (Å²) >= 11 is 0. The van der Waals surface area contributed by atoms with Crippen LogP contribution in [0.4, 0.5) is 17.3 Å². The van der Waals surface area contributed by atoms with E-state index in [0.717, 1.165) is 0 Å². The zero-order valence-electron chi connectivity index (χ0n) is 16.3. The number of carboxylic acids is 2. The van der Waals surface area contributed by atoms with Crippen molar-refractivity contribution in [1.82, 2.24) is 15.3 Å². The quantitative estimate of drug-likeness (QED) is 0.232. The van der Waals surface area contributed by atoms with E-state index in [1.54, 1.807) is 12.1 Å². The lowest BCUT2D eigenvalue weighted by Gasteiger charge is -2.14. The second-order valence-corrected chi connectivity index (χ2v) is 6.24. The highest BCUT2D eigenvalue weighted by Crippen LogP contribution is 2.10. The van der Waals surface area contributed by atoms with Gasteiger partial charge in [-0.3, -0.25) is 19.4 Å². The predicted molar refractivity (Wildman–Crippen MR) is 116 cm³/mol. The fraction of sp³-hybridized carbons (Fsp3) is 0.278. The van der Waals surface area contributed by atoms with Crippen LogP contribution in [0.2, 0.25) is 0 Å². The maximum absolute atomic E-state index is 12.2. The van der Waals surface area contributed by atoms with Crippen LogP contribution in [0.3, 0.4) is 0 Å². The van der Waals surface area contributed by atoms with Gasteiger partial charge in [-0.25, -0.2) is 9.78 Å². The standard InChI is InChI=1S/C18H22N6O6.ClH/c19-18-22-9-13(16(28)24-18)21-8-7-20-11-3-1-10(2-4-11)15(27)23-12(17(29)30)5-6-14(25)26;/h1-4,9,12,20-21H,5-8H2,(H,23,27)(H,25,26)(H,29,30)(H3,19,22,24,28);1H. The number of hydrogen-bond acceptors (Lipinski definition) is 8. The molecule has 0 aliphatic rings. The molecule has 1 atom stereocenters. The van der Waals surface area contributed by atoms with E-state index >= 15 is 0 Å². The molecule has 8 N–H and O–H groups in total. The minimum Gasteiger partial charge on any atom is -0.481 e. The van der Waals surface area contributed by atoms with Crippen molar-refractivity contribution in [3.63, 3.8) is 0 Å². The van der Waals surface area contributed by atoms with Gasteiger partial charge in [0.25, 0.3) is 11.5 Å². The highest BCUT2D eigenvalue weighted by Gasteiger charge is 2.21. The summed E-state index contributed by atoms with van der Waals surface area (Å²) in [5, 5.41) is 26.1. The Hall–Kier alpha value is -3.80. The van der Waals surface area contributed by atoms with Crippen molar-refractivity contribution in [3.8, 4) is 0 Å². The fourth-order valence-corrected chi connectivity index (χ4v) is 2.44. The fourth-order valence-electron chi connectivity index (χ4n) is 2.44. The Balaban J connectivity index is 0.00000480. The normalized spacial score (nSPS) is 11.0. The molecule has 13 heteroatoms. The highest BCUT2D eigenvalue weighted by atomic mass is 35.5. The molecule has 168 valence electrons. The van der Waals surface area contributed by atoms with Crippen LogP contribution in [-0.4, -0.2) is 57.2 Å². The lowest BCUT2D eigenvalue weighted by atomic mass is 10.1. The molecule has 0 aliphatic carbocycles. The van der Waals surface area contributed by atoms with Gasteiger partial charge in [-0.05, 0) is 30.7 Å². The van der Waals surface area contributed by atoms with Crippen molar-refractivity contribution in [2.75, 3.05) is 29.5 Å². The van der Waals surface area contributed by atoms with Gasteiger partial charge in [-0.1, -0.05) is 0 Å². The van der Waals surface area contributed by atoms with E-state index in [4.69, 9.17) is 15.9 Å². The van der Waals surface area contributed by atoms with Gasteiger partial charge < -0.3 is 31.9 Å². The summed E-state index contributed by atoms with van der Waals surface area (Å²) in [6, 6.07) is 5.01. The molecule has 1 aromatic carbocycles. The van der Waals surface area contributed by atoms with Gasteiger partial charge in [0, 0.05) is 30.8 Å². The van der Waals surface area contributed by atoms with Crippen molar-refractivity contribution in [3.05, 3.63) is 46.4 Å². The molecule has 1 aromatic heterocycles. The van der Waals surface area contributed by atoms with Crippen LogP contribution < -0.4 is 27.2 Å². The first-order valence-corrected chi connectivity index (χ1v) is 8.94. The van der Waals surface area contributed by atoms with Crippen LogP contribution in [0, 0.1) is 0 Å². The first-order chi connectivity index (χ1) is 14.3. The number of aliphatic carboxylic acids is 2. The third-order valence-corrected chi connectivity index (χ3v) is 3.99. The molecule has 1 amide bonds. The predicted octanol–water partition coefficient (Wildman–Crippen LogP) is 0.346. The Kier molecular flexibility index (Phi) is 9.79. The number of rotatable bonds is 11. The Morgan fingerprint density at radius 2 is 1.74 bits per heavy atom. The molecule has 0 saturated carbocycles. The molecule has 0 aliphatic heterocycles. The zero-order chi connectivity index (χ0) is 22.1. The summed E-state index contributed by atoms with van der Waals surface area (Å²) in [6.07, 6.45) is 0.754. The lowest BCUT2D eigenvalue weighted by Crippen LogP contribution is -2.41. The van der Waals surface area contributed by atoms with Gasteiger partial charge in [0.15, 0.2) is 5.95 Å². The molecule has 31 heavy (non-hydrogen) atoms. The van der Waals surface area contributed by atoms with Gasteiger partial charge in [0.2, 0.25) is 0 Å². The van der Waals surface area contributed by atoms with Crippen LogP contribution in [0.15, 0.2) is 35.3 Å². The van der Waals surface area contributed by atoms with E-state index in [9.17, 15) is 19.2 Å². The average Bonchev–Trinajstić information content (AvgIpc) is 2.69. The number of carbonyl (C=O) groups is 3. The third-order valence-electron chi connectivity index (χ3n) is 3.99. The van der Waals surface area contributed by atoms with Crippen LogP contribution in [-0.2, 0) is 9.59 Å². The Bertz CT molecular complexity index is 965. The second kappa shape index (κ2) is 12.0. The van der Waals surface area contributed by atoms with Crippen LogP contribution in [0.5, 0.6) is 0 Å². The molecule has 0 fully saturated rings. The maximum Gasteiger partial charge on any atom is 0.326 e. The molecule has 0 radical (unpaired) electrons. The van der Waals surface area contributed by atoms with E-state index in [2.05, 4.69) is 25.9 Å². The molecule has 2 rings (SSSR count). The monoisotopic (exact) mass is 454 g/mol. The number of H-pyrrole nitrogens is 1. The molecule has 0 bridgehead atoms. The maximum atomic E-state index is 12.2. The molecular formula is C18H23ClN6O6. The average molecular weight is 455 g/mol. The number of anilines is 3. The Morgan fingerprint density at radius 3 is 2.32 bits per heavy atom. The summed E-state index contributed by atoms with van der Waals surface area (Å²) in [5.74, 6) is -3.02. The third kappa shape index (κ3) is 8.22. The number of aromatic nitrogens is 2. The molecule has 12 nitrogen and oxygen atoms in total. The molecule has 0 spiro atoms. The van der Waals surface area contributed by atoms with E-state index in [-0.39, 0.29) is 48.0 Å². The van der Waals surface area contributed by atoms with E-state index in [0.29, 0.717) is 18.8 Å². The second-order valence-electron chi connectivity index (χ2n) is 6.24. The van der Waals surface area contributed by atoms with Crippen molar-refractivity contribution >= 4 is 47.6 Å². The summed E-state index contributed by atoms with van der Waals surface area (Å²) in [4.78, 5) is 51.7. The molecule has 1 heterocycles. The molecule has 2 aromatic rings. The number of benzene rings is 1. The number of nitrogens with two attached hydrogens (primary N) is 1. The van der Waals surface area contributed by atoms with Crippen molar-refractivity contribution < 1.29 is 24.6 Å². The Labute approximate surface area is 182 Å². The summed E-state index contributed by atoms with van der Waals surface area (Å²) in [7, 11) is 0. The van der Waals surface area contributed by atoms with Crippen molar-refractivity contribution in [2.24, 2.45) is 0 Å². The molecule has 0 saturated heterocycles. The van der Waals surface area contributed by atoms with E-state index in [1.807, 2.05) is 0 Å². The number of amides is 1. The van der Waals surface area contributed by atoms with Gasteiger partial charge in [0.1, 0.15) is 11.7 Å². The number of carboxylic acid groups (broad SMARTS) is 2. The topological polar surface area (TPSA) is 200 Å². The number of halogens is 1.